The molecule has 4 aromatic rings. The number of aromatic hydroxyl groups is 1. The number of ether oxygens (including phenoxy) is 2. The summed E-state index contributed by atoms with van der Waals surface area (Å²) in [6.45, 7) is 12.7. The van der Waals surface area contributed by atoms with Crippen molar-refractivity contribution < 1.29 is 23.8 Å². The van der Waals surface area contributed by atoms with E-state index >= 15 is 4.39 Å². The SMILES string of the molecule is C=C1Cc2c(OC[C@@H]3CCCN3C)nc3c(F)c(-c4cc(O)cc5ccccc45)c(CCC#N)cc3c2N(C2C3CC2N(C(=O)OC(C)(C)C)C3)C1. The maximum Gasteiger partial charge on any atom is 0.410 e. The molecule has 4 fully saturated rings. The standard InChI is InChI=1S/C42H46FN5O4/c1-24-16-33-39(48(21-24)38-27-19-34(38)47(22-27)41(50)52-42(2,3)4)32-18-26(11-8-14-44)35(31-20-29(49)17-25-10-6-7-13-30(25)31)36(43)37(32)45-40(33)51-23-28-12-9-15-46(28)5/h6-7,10,13,17-18,20,27-28,34,38,49H,1,8-9,11-12,15-16,19,21-23H2,2-5H3/t27?,28-,34?,38?/m0/s1. The van der Waals surface area contributed by atoms with Crippen LogP contribution in [0.15, 0.2) is 54.6 Å². The van der Waals surface area contributed by atoms with Gasteiger partial charge in [0.1, 0.15) is 23.5 Å². The Hall–Kier alpha value is -4.88. The zero-order chi connectivity index (χ0) is 36.5. The zero-order valence-electron chi connectivity index (χ0n) is 30.4. The molecule has 1 amide bonds. The fourth-order valence-corrected chi connectivity index (χ4v) is 9.03. The monoisotopic (exact) mass is 703 g/mol. The molecule has 0 spiro atoms. The number of carbonyl (C=O) groups is 1. The number of phenols is 1. The third-order valence-electron chi connectivity index (χ3n) is 11.4. The highest BCUT2D eigenvalue weighted by Gasteiger charge is 2.58. The Labute approximate surface area is 304 Å². The minimum atomic E-state index is -0.608. The number of hydrogen-bond acceptors (Lipinski definition) is 8. The summed E-state index contributed by atoms with van der Waals surface area (Å²) in [6.07, 6.45) is 3.72. The average molecular weight is 704 g/mol. The van der Waals surface area contributed by atoms with E-state index in [9.17, 15) is 15.2 Å². The van der Waals surface area contributed by atoms with Gasteiger partial charge in [0.15, 0.2) is 5.82 Å². The van der Waals surface area contributed by atoms with Crippen LogP contribution in [0.5, 0.6) is 11.6 Å². The Kier molecular flexibility index (Phi) is 8.53. The molecule has 5 aliphatic rings. The molecule has 1 N–H and O–H groups in total. The zero-order valence-corrected chi connectivity index (χ0v) is 30.4. The van der Waals surface area contributed by atoms with Gasteiger partial charge < -0.3 is 29.3 Å². The van der Waals surface area contributed by atoms with Crippen molar-refractivity contribution >= 4 is 33.5 Å². The van der Waals surface area contributed by atoms with Crippen LogP contribution in [-0.4, -0.2) is 83.0 Å². The molecule has 5 heterocycles. The first kappa shape index (κ1) is 34.2. The Morgan fingerprint density at radius 1 is 1.19 bits per heavy atom. The number of pyridine rings is 1. The second-order valence-corrected chi connectivity index (χ2v) is 16.1. The molecule has 1 aromatic heterocycles. The topological polar surface area (TPSA) is 102 Å². The van der Waals surface area contributed by atoms with E-state index in [0.717, 1.165) is 53.4 Å². The van der Waals surface area contributed by atoms with Crippen molar-refractivity contribution in [3.63, 3.8) is 0 Å². The number of phenolic OH excluding ortho intramolecular Hbond substituents is 1. The van der Waals surface area contributed by atoms with Crippen molar-refractivity contribution in [2.24, 2.45) is 5.92 Å². The third-order valence-corrected chi connectivity index (χ3v) is 11.4. The van der Waals surface area contributed by atoms with E-state index in [1.165, 1.54) is 0 Å². The van der Waals surface area contributed by atoms with E-state index in [-0.39, 0.29) is 47.8 Å². The van der Waals surface area contributed by atoms with Gasteiger partial charge in [-0.15, -0.1) is 0 Å². The first-order chi connectivity index (χ1) is 24.9. The molecule has 9 rings (SSSR count). The van der Waals surface area contributed by atoms with Crippen LogP contribution in [-0.2, 0) is 17.6 Å². The van der Waals surface area contributed by atoms with Crippen LogP contribution in [0, 0.1) is 23.1 Å². The second kappa shape index (κ2) is 13.0. The van der Waals surface area contributed by atoms with E-state index in [4.69, 9.17) is 14.5 Å². The van der Waals surface area contributed by atoms with Gasteiger partial charge in [0, 0.05) is 54.4 Å². The molecule has 52 heavy (non-hydrogen) atoms. The lowest BCUT2D eigenvalue weighted by molar-refractivity contribution is 0.0232. The van der Waals surface area contributed by atoms with Crippen LogP contribution in [0.1, 0.15) is 57.6 Å². The molecule has 270 valence electrons. The lowest BCUT2D eigenvalue weighted by atomic mass is 9.77. The van der Waals surface area contributed by atoms with Crippen LogP contribution in [0.2, 0.25) is 0 Å². The number of nitrogens with zero attached hydrogens (tertiary/aromatic N) is 5. The molecule has 2 bridgehead atoms. The molecule has 1 saturated carbocycles. The van der Waals surface area contributed by atoms with E-state index in [0.29, 0.717) is 60.5 Å². The number of anilines is 1. The quantitative estimate of drug-likeness (QED) is 0.195. The Bertz CT molecular complexity index is 2150. The highest BCUT2D eigenvalue weighted by atomic mass is 19.1. The first-order valence-electron chi connectivity index (χ1n) is 18.4. The van der Waals surface area contributed by atoms with Crippen LogP contribution in [0.4, 0.5) is 14.9 Å². The highest BCUT2D eigenvalue weighted by Crippen LogP contribution is 2.52. The number of amides is 1. The molecule has 4 aliphatic heterocycles. The maximum absolute atomic E-state index is 17.7. The molecule has 9 nitrogen and oxygen atoms in total. The summed E-state index contributed by atoms with van der Waals surface area (Å²) in [5.74, 6) is 0.141. The molecule has 10 heteroatoms. The van der Waals surface area contributed by atoms with Gasteiger partial charge in [-0.2, -0.15) is 5.26 Å². The molecule has 0 radical (unpaired) electrons. The molecule has 4 atom stereocenters. The molecule has 3 unspecified atom stereocenters. The lowest BCUT2D eigenvalue weighted by Crippen LogP contribution is -2.57. The minimum Gasteiger partial charge on any atom is -0.508 e. The predicted octanol–water partition coefficient (Wildman–Crippen LogP) is 7.76. The number of halogens is 1. The smallest absolute Gasteiger partial charge is 0.410 e. The Balaban J connectivity index is 1.32. The number of likely N-dealkylation sites (tertiary alicyclic amines) is 1. The van der Waals surface area contributed by atoms with E-state index in [1.807, 2.05) is 56.0 Å². The van der Waals surface area contributed by atoms with E-state index < -0.39 is 11.4 Å². The van der Waals surface area contributed by atoms with Gasteiger partial charge >= 0.3 is 6.09 Å². The number of nitriles is 1. The predicted molar refractivity (Wildman–Crippen MR) is 200 cm³/mol. The minimum absolute atomic E-state index is 0.0111. The van der Waals surface area contributed by atoms with Gasteiger partial charge in [0.05, 0.1) is 23.8 Å². The fourth-order valence-electron chi connectivity index (χ4n) is 9.03. The molecular weight excluding hydrogens is 657 g/mol. The molecular formula is C42H46FN5O4. The fraction of sp³-hybridized carbons (Fsp3) is 0.452. The number of carbonyl (C=O) groups excluding carboxylic acids is 1. The van der Waals surface area contributed by atoms with Crippen molar-refractivity contribution in [2.45, 2.75) is 83.0 Å². The van der Waals surface area contributed by atoms with Crippen molar-refractivity contribution in [3.8, 4) is 28.8 Å². The number of rotatable bonds is 7. The van der Waals surface area contributed by atoms with E-state index in [2.05, 4.69) is 29.5 Å². The van der Waals surface area contributed by atoms with Crippen molar-refractivity contribution in [1.29, 1.82) is 5.26 Å². The van der Waals surface area contributed by atoms with Crippen LogP contribution in [0.3, 0.4) is 0 Å². The van der Waals surface area contributed by atoms with Gasteiger partial charge in [-0.1, -0.05) is 36.4 Å². The third kappa shape index (κ3) is 5.89. The van der Waals surface area contributed by atoms with Crippen molar-refractivity contribution in [2.75, 3.05) is 38.2 Å². The number of benzene rings is 3. The van der Waals surface area contributed by atoms with Crippen LogP contribution >= 0.6 is 0 Å². The van der Waals surface area contributed by atoms with Gasteiger partial charge in [-0.25, -0.2) is 14.2 Å². The lowest BCUT2D eigenvalue weighted by Gasteiger charge is -2.48. The summed E-state index contributed by atoms with van der Waals surface area (Å²) in [5, 5.41) is 22.7. The molecule has 3 saturated heterocycles. The summed E-state index contributed by atoms with van der Waals surface area (Å²) in [4.78, 5) is 24.8. The van der Waals surface area contributed by atoms with Crippen LogP contribution in [0.25, 0.3) is 32.8 Å². The first-order valence-corrected chi connectivity index (χ1v) is 18.4. The second-order valence-electron chi connectivity index (χ2n) is 16.1. The van der Waals surface area contributed by atoms with Gasteiger partial charge in [0.25, 0.3) is 0 Å². The maximum atomic E-state index is 17.7. The normalized spacial score (nSPS) is 22.8. The van der Waals surface area contributed by atoms with Crippen molar-refractivity contribution in [1.82, 2.24) is 14.8 Å². The number of likely N-dealkylation sites (N-methyl/N-ethyl adjacent to an activating group) is 1. The number of aryl methyl sites for hydroxylation is 1. The number of hydrogen-bond donors (Lipinski definition) is 1. The summed E-state index contributed by atoms with van der Waals surface area (Å²) < 4.78 is 30.1. The average Bonchev–Trinajstić information content (AvgIpc) is 3.81. The molecule has 3 aromatic carbocycles. The van der Waals surface area contributed by atoms with Gasteiger partial charge in [-0.3, -0.25) is 0 Å². The van der Waals surface area contributed by atoms with Crippen molar-refractivity contribution in [3.05, 3.63) is 71.6 Å². The summed E-state index contributed by atoms with van der Waals surface area (Å²) in [7, 11) is 2.10. The van der Waals surface area contributed by atoms with E-state index in [1.54, 1.807) is 12.1 Å². The highest BCUT2D eigenvalue weighted by molar-refractivity contribution is 6.04. The summed E-state index contributed by atoms with van der Waals surface area (Å²) in [5.41, 5.74) is 3.86. The number of aromatic nitrogens is 1. The summed E-state index contributed by atoms with van der Waals surface area (Å²) >= 11 is 0. The summed E-state index contributed by atoms with van der Waals surface area (Å²) in [6, 6.07) is 15.3. The Morgan fingerprint density at radius 2 is 2.00 bits per heavy atom. The van der Waals surface area contributed by atoms with Gasteiger partial charge in [-0.05, 0) is 100 Å². The Morgan fingerprint density at radius 3 is 2.75 bits per heavy atom. The van der Waals surface area contributed by atoms with Crippen LogP contribution < -0.4 is 9.64 Å². The van der Waals surface area contributed by atoms with Gasteiger partial charge in [0.2, 0.25) is 5.88 Å². The number of fused-ring (bicyclic) bond motifs is 5. The molecule has 1 aliphatic carbocycles. The largest absolute Gasteiger partial charge is 0.508 e.